The van der Waals surface area contributed by atoms with Crippen molar-refractivity contribution in [3.8, 4) is 0 Å². The van der Waals surface area contributed by atoms with Gasteiger partial charge in [0.15, 0.2) is 0 Å². The van der Waals surface area contributed by atoms with Gasteiger partial charge < -0.3 is 0 Å². The first-order valence-corrected chi connectivity index (χ1v) is 5.03. The van der Waals surface area contributed by atoms with Gasteiger partial charge in [-0.25, -0.2) is 0 Å². The summed E-state index contributed by atoms with van der Waals surface area (Å²) in [6.45, 7) is 4.37. The summed E-state index contributed by atoms with van der Waals surface area (Å²) in [5.41, 5.74) is 1.45. The van der Waals surface area contributed by atoms with E-state index in [9.17, 15) is 0 Å². The van der Waals surface area contributed by atoms with Gasteiger partial charge in [0.25, 0.3) is 0 Å². The number of rotatable bonds is 1. The maximum absolute atomic E-state index is 3.30. The van der Waals surface area contributed by atoms with Crippen LogP contribution in [0.25, 0.3) is 10.8 Å². The predicted octanol–water partition coefficient (Wildman–Crippen LogP) is 3.57. The minimum Gasteiger partial charge on any atom is -0.138 e. The Morgan fingerprint density at radius 3 is 3.00 bits per heavy atom. The third-order valence-electron chi connectivity index (χ3n) is 2.20. The molecular weight excluding hydrogens is 164 g/mol. The number of thiophene rings is 1. The Labute approximate surface area is 76.8 Å². The van der Waals surface area contributed by atoms with Gasteiger partial charge in [-0.2, -0.15) is 0 Å². The Hall–Kier alpha value is -0.820. The van der Waals surface area contributed by atoms with Crippen molar-refractivity contribution in [2.45, 2.75) is 20.3 Å². The van der Waals surface area contributed by atoms with Gasteiger partial charge in [0.1, 0.15) is 0 Å². The number of fused-ring (bicyclic) bond motifs is 1. The van der Waals surface area contributed by atoms with Crippen LogP contribution in [0.4, 0.5) is 0 Å². The van der Waals surface area contributed by atoms with E-state index in [0.29, 0.717) is 0 Å². The van der Waals surface area contributed by atoms with Crippen LogP contribution >= 0.6 is 11.3 Å². The molecule has 1 heteroatoms. The summed E-state index contributed by atoms with van der Waals surface area (Å²) in [6, 6.07) is 6.46. The second-order valence-electron chi connectivity index (χ2n) is 2.95. The SMILES string of the molecule is CCc1cccc2[c]sc(C)c12. The third kappa shape index (κ3) is 1.05. The maximum atomic E-state index is 3.30. The summed E-state index contributed by atoms with van der Waals surface area (Å²) in [5.74, 6) is 0. The first-order valence-electron chi connectivity index (χ1n) is 4.21. The molecule has 0 spiro atoms. The van der Waals surface area contributed by atoms with Crippen LogP contribution in [-0.2, 0) is 6.42 Å². The van der Waals surface area contributed by atoms with Crippen LogP contribution in [0.15, 0.2) is 18.2 Å². The normalized spacial score (nSPS) is 10.8. The Balaban J connectivity index is 2.84. The van der Waals surface area contributed by atoms with Gasteiger partial charge in [0.2, 0.25) is 0 Å². The fourth-order valence-corrected chi connectivity index (χ4v) is 2.35. The summed E-state index contributed by atoms with van der Waals surface area (Å²) in [5, 5.41) is 6.00. The fourth-order valence-electron chi connectivity index (χ4n) is 1.58. The van der Waals surface area contributed by atoms with Gasteiger partial charge in [0.05, 0.1) is 5.38 Å². The van der Waals surface area contributed by atoms with E-state index in [1.54, 1.807) is 11.3 Å². The third-order valence-corrected chi connectivity index (χ3v) is 3.03. The standard InChI is InChI=1S/C11H11S/c1-3-9-5-4-6-10-7-12-8(2)11(9)10/h4-6H,3H2,1-2H3. The van der Waals surface area contributed by atoms with Crippen LogP contribution in [-0.4, -0.2) is 0 Å². The Bertz CT molecular complexity index is 398. The van der Waals surface area contributed by atoms with Crippen molar-refractivity contribution < 1.29 is 0 Å². The van der Waals surface area contributed by atoms with E-state index in [4.69, 9.17) is 0 Å². The van der Waals surface area contributed by atoms with E-state index >= 15 is 0 Å². The van der Waals surface area contributed by atoms with E-state index in [1.807, 2.05) is 0 Å². The fraction of sp³-hybridized carbons (Fsp3) is 0.273. The van der Waals surface area contributed by atoms with E-state index in [0.717, 1.165) is 6.42 Å². The first-order chi connectivity index (χ1) is 5.83. The van der Waals surface area contributed by atoms with Crippen molar-refractivity contribution >= 4 is 22.1 Å². The second kappa shape index (κ2) is 2.91. The van der Waals surface area contributed by atoms with Crippen molar-refractivity contribution in [2.75, 3.05) is 0 Å². The van der Waals surface area contributed by atoms with Crippen LogP contribution in [0.2, 0.25) is 0 Å². The predicted molar refractivity (Wildman–Crippen MR) is 54.8 cm³/mol. The van der Waals surface area contributed by atoms with Gasteiger partial charge in [-0.15, -0.1) is 11.3 Å². The average molecular weight is 175 g/mol. The minimum absolute atomic E-state index is 1.11. The lowest BCUT2D eigenvalue weighted by Gasteiger charge is -1.99. The molecule has 0 saturated heterocycles. The molecule has 1 aromatic carbocycles. The smallest absolute Gasteiger partial charge is 0.0530 e. The van der Waals surface area contributed by atoms with Gasteiger partial charge in [-0.3, -0.25) is 0 Å². The van der Waals surface area contributed by atoms with Crippen LogP contribution in [0.5, 0.6) is 0 Å². The lowest BCUT2D eigenvalue weighted by atomic mass is 10.1. The number of hydrogen-bond donors (Lipinski definition) is 0. The zero-order chi connectivity index (χ0) is 8.55. The Morgan fingerprint density at radius 1 is 1.42 bits per heavy atom. The minimum atomic E-state index is 1.11. The first kappa shape index (κ1) is 7.81. The number of aryl methyl sites for hydroxylation is 2. The molecule has 61 valence electrons. The molecule has 0 aliphatic carbocycles. The van der Waals surface area contributed by atoms with Gasteiger partial charge in [-0.05, 0) is 24.3 Å². The quantitative estimate of drug-likeness (QED) is 0.621. The molecule has 0 nitrogen and oxygen atoms in total. The average Bonchev–Trinajstić information content (AvgIpc) is 2.48. The zero-order valence-corrected chi connectivity index (χ0v) is 8.16. The highest BCUT2D eigenvalue weighted by Crippen LogP contribution is 2.27. The molecule has 0 bridgehead atoms. The summed E-state index contributed by atoms with van der Waals surface area (Å²) in [7, 11) is 0. The van der Waals surface area contributed by atoms with Gasteiger partial charge >= 0.3 is 0 Å². The lowest BCUT2D eigenvalue weighted by molar-refractivity contribution is 1.16. The summed E-state index contributed by atoms with van der Waals surface area (Å²) in [4.78, 5) is 1.39. The maximum Gasteiger partial charge on any atom is 0.0530 e. The molecule has 12 heavy (non-hydrogen) atoms. The number of benzene rings is 1. The summed E-state index contributed by atoms with van der Waals surface area (Å²) in [6.07, 6.45) is 1.11. The van der Waals surface area contributed by atoms with Crippen molar-refractivity contribution in [1.82, 2.24) is 0 Å². The molecule has 0 amide bonds. The van der Waals surface area contributed by atoms with Crippen LogP contribution in [0, 0.1) is 12.3 Å². The molecule has 0 atom stereocenters. The summed E-state index contributed by atoms with van der Waals surface area (Å²) < 4.78 is 0. The van der Waals surface area contributed by atoms with Gasteiger partial charge in [0, 0.05) is 10.3 Å². The zero-order valence-electron chi connectivity index (χ0n) is 7.35. The molecule has 0 saturated carbocycles. The Kier molecular flexibility index (Phi) is 1.89. The number of hydrogen-bond acceptors (Lipinski definition) is 1. The largest absolute Gasteiger partial charge is 0.138 e. The van der Waals surface area contributed by atoms with Gasteiger partial charge in [-0.1, -0.05) is 25.1 Å². The van der Waals surface area contributed by atoms with E-state index in [2.05, 4.69) is 37.4 Å². The molecule has 1 heterocycles. The Morgan fingerprint density at radius 2 is 2.25 bits per heavy atom. The molecule has 2 aromatic rings. The van der Waals surface area contributed by atoms with Crippen LogP contribution < -0.4 is 0 Å². The van der Waals surface area contributed by atoms with E-state index in [1.165, 1.54) is 21.2 Å². The van der Waals surface area contributed by atoms with Crippen molar-refractivity contribution in [3.63, 3.8) is 0 Å². The summed E-state index contributed by atoms with van der Waals surface area (Å²) >= 11 is 1.72. The highest BCUT2D eigenvalue weighted by Gasteiger charge is 2.03. The second-order valence-corrected chi connectivity index (χ2v) is 3.97. The topological polar surface area (TPSA) is 0 Å². The molecule has 0 aliphatic heterocycles. The van der Waals surface area contributed by atoms with Crippen molar-refractivity contribution in [1.29, 1.82) is 0 Å². The van der Waals surface area contributed by atoms with Crippen molar-refractivity contribution in [3.05, 3.63) is 34.0 Å². The lowest BCUT2D eigenvalue weighted by Crippen LogP contribution is -1.80. The van der Waals surface area contributed by atoms with Crippen LogP contribution in [0.1, 0.15) is 17.4 Å². The molecule has 2 rings (SSSR count). The van der Waals surface area contributed by atoms with E-state index in [-0.39, 0.29) is 0 Å². The molecular formula is C11H11S. The highest BCUT2D eigenvalue weighted by molar-refractivity contribution is 7.11. The van der Waals surface area contributed by atoms with Crippen LogP contribution in [0.3, 0.4) is 0 Å². The molecule has 0 unspecified atom stereocenters. The molecule has 0 fully saturated rings. The molecule has 0 aliphatic rings. The monoisotopic (exact) mass is 175 g/mol. The van der Waals surface area contributed by atoms with Crippen molar-refractivity contribution in [2.24, 2.45) is 0 Å². The molecule has 0 N–H and O–H groups in total. The highest BCUT2D eigenvalue weighted by atomic mass is 32.1. The van der Waals surface area contributed by atoms with E-state index < -0.39 is 0 Å². The molecule has 1 radical (unpaired) electrons. The molecule has 1 aromatic heterocycles.